The molecule has 1 unspecified atom stereocenters. The Bertz CT molecular complexity index is 817. The molecular formula is C17H20N2O4S2. The highest BCUT2D eigenvalue weighted by atomic mass is 32.2. The number of nitrogens with one attached hydrogen (secondary N) is 1. The molecule has 25 heavy (non-hydrogen) atoms. The Morgan fingerprint density at radius 2 is 2.08 bits per heavy atom. The fraction of sp³-hybridized carbons (Fsp3) is 0.353. The number of amides is 1. The number of hydrogen-bond acceptors (Lipinski definition) is 5. The first kappa shape index (κ1) is 18.1. The van der Waals surface area contributed by atoms with Gasteiger partial charge in [-0.25, -0.2) is 8.42 Å². The van der Waals surface area contributed by atoms with Gasteiger partial charge < -0.3 is 10.1 Å². The van der Waals surface area contributed by atoms with Crippen molar-refractivity contribution in [2.75, 3.05) is 25.1 Å². The lowest BCUT2D eigenvalue weighted by Gasteiger charge is -2.32. The molecule has 0 radical (unpaired) electrons. The molecule has 0 aliphatic carbocycles. The Kier molecular flexibility index (Phi) is 5.53. The number of hydrogen-bond donors (Lipinski definition) is 1. The lowest BCUT2D eigenvalue weighted by Crippen LogP contribution is -2.46. The van der Waals surface area contributed by atoms with Crippen LogP contribution in [0, 0.1) is 0 Å². The maximum Gasteiger partial charge on any atom is 0.243 e. The van der Waals surface area contributed by atoms with Crippen LogP contribution < -0.4 is 5.32 Å². The molecule has 1 aromatic heterocycles. The molecule has 2 heterocycles. The smallest absolute Gasteiger partial charge is 0.243 e. The molecule has 0 saturated carbocycles. The Morgan fingerprint density at radius 3 is 2.72 bits per heavy atom. The number of ether oxygens (including phenoxy) is 1. The van der Waals surface area contributed by atoms with Gasteiger partial charge in [-0.3, -0.25) is 4.79 Å². The highest BCUT2D eigenvalue weighted by Gasteiger charge is 2.31. The van der Waals surface area contributed by atoms with Crippen LogP contribution in [0.4, 0.5) is 5.69 Å². The number of nitrogens with zero attached hydrogens (tertiary/aromatic N) is 1. The number of anilines is 1. The number of rotatable bonds is 5. The summed E-state index contributed by atoms with van der Waals surface area (Å²) in [5, 5.41) is 4.71. The topological polar surface area (TPSA) is 75.7 Å². The molecule has 3 rings (SSSR count). The third kappa shape index (κ3) is 4.27. The van der Waals surface area contributed by atoms with E-state index in [1.165, 1.54) is 27.8 Å². The van der Waals surface area contributed by atoms with Gasteiger partial charge in [-0.1, -0.05) is 6.07 Å². The summed E-state index contributed by atoms with van der Waals surface area (Å²) in [6, 6.07) is 9.90. The minimum absolute atomic E-state index is 0.125. The molecular weight excluding hydrogens is 360 g/mol. The Hall–Kier alpha value is -1.74. The third-order valence-corrected chi connectivity index (χ3v) is 6.87. The van der Waals surface area contributed by atoms with Gasteiger partial charge >= 0.3 is 0 Å². The number of carbonyl (C=O) groups is 1. The molecule has 1 N–H and O–H groups in total. The number of benzene rings is 1. The molecule has 0 spiro atoms. The second-order valence-corrected chi connectivity index (χ2v) is 8.79. The summed E-state index contributed by atoms with van der Waals surface area (Å²) in [6.07, 6.45) is 0.309. The number of sulfonamides is 1. The molecule has 8 heteroatoms. The predicted octanol–water partition coefficient (Wildman–Crippen LogP) is 2.34. The van der Waals surface area contributed by atoms with Crippen LogP contribution in [-0.4, -0.2) is 44.4 Å². The zero-order chi connectivity index (χ0) is 17.9. The maximum atomic E-state index is 12.7. The minimum atomic E-state index is -3.56. The summed E-state index contributed by atoms with van der Waals surface area (Å²) in [7, 11) is -3.56. The van der Waals surface area contributed by atoms with Crippen molar-refractivity contribution in [3.63, 3.8) is 0 Å². The second kappa shape index (κ2) is 7.65. The van der Waals surface area contributed by atoms with E-state index in [-0.39, 0.29) is 16.8 Å². The molecule has 1 aliphatic heterocycles. The van der Waals surface area contributed by atoms with E-state index in [1.54, 1.807) is 12.1 Å². The lowest BCUT2D eigenvalue weighted by molar-refractivity contribution is -0.115. The zero-order valence-corrected chi connectivity index (χ0v) is 15.5. The summed E-state index contributed by atoms with van der Waals surface area (Å²) >= 11 is 1.53. The normalized spacial score (nSPS) is 18.8. The van der Waals surface area contributed by atoms with Gasteiger partial charge in [0, 0.05) is 23.2 Å². The van der Waals surface area contributed by atoms with Gasteiger partial charge in [-0.15, -0.1) is 11.3 Å². The van der Waals surface area contributed by atoms with Gasteiger partial charge in [-0.2, -0.15) is 4.31 Å². The van der Waals surface area contributed by atoms with Gasteiger partial charge in [0.15, 0.2) is 0 Å². The van der Waals surface area contributed by atoms with E-state index in [0.29, 0.717) is 31.9 Å². The predicted molar refractivity (Wildman–Crippen MR) is 97.3 cm³/mol. The van der Waals surface area contributed by atoms with Crippen LogP contribution in [-0.2, 0) is 26.0 Å². The van der Waals surface area contributed by atoms with Crippen LogP contribution in [0.2, 0.25) is 0 Å². The summed E-state index contributed by atoms with van der Waals surface area (Å²) in [4.78, 5) is 13.2. The fourth-order valence-corrected chi connectivity index (χ4v) is 5.00. The van der Waals surface area contributed by atoms with Crippen molar-refractivity contribution in [3.05, 3.63) is 46.7 Å². The van der Waals surface area contributed by atoms with Crippen molar-refractivity contribution in [1.82, 2.24) is 4.31 Å². The van der Waals surface area contributed by atoms with Crippen LogP contribution in [0.1, 0.15) is 11.8 Å². The number of morpholine rings is 1. The van der Waals surface area contributed by atoms with Gasteiger partial charge in [0.2, 0.25) is 15.9 Å². The number of thiophene rings is 1. The molecule has 134 valence electrons. The van der Waals surface area contributed by atoms with Crippen LogP contribution in [0.25, 0.3) is 0 Å². The standard InChI is InChI=1S/C17H20N2O4S2/c1-13-12-23-9-8-19(13)25(21,22)16-6-4-14(5-7-16)18-17(20)11-15-3-2-10-24-15/h2-7,10,13H,8-9,11-12H2,1H3,(H,18,20). The van der Waals surface area contributed by atoms with E-state index in [9.17, 15) is 13.2 Å². The van der Waals surface area contributed by atoms with Crippen LogP contribution in [0.3, 0.4) is 0 Å². The molecule has 1 fully saturated rings. The molecule has 1 aromatic carbocycles. The van der Waals surface area contributed by atoms with Crippen LogP contribution >= 0.6 is 11.3 Å². The van der Waals surface area contributed by atoms with Gasteiger partial charge in [-0.05, 0) is 42.6 Å². The monoisotopic (exact) mass is 380 g/mol. The highest BCUT2D eigenvalue weighted by molar-refractivity contribution is 7.89. The first-order valence-corrected chi connectivity index (χ1v) is 10.3. The van der Waals surface area contributed by atoms with Crippen LogP contribution in [0.5, 0.6) is 0 Å². The van der Waals surface area contributed by atoms with Gasteiger partial charge in [0.25, 0.3) is 0 Å². The molecule has 2 aromatic rings. The molecule has 0 bridgehead atoms. The quantitative estimate of drug-likeness (QED) is 0.864. The lowest BCUT2D eigenvalue weighted by atomic mass is 10.3. The van der Waals surface area contributed by atoms with E-state index >= 15 is 0 Å². The summed E-state index contributed by atoms with van der Waals surface area (Å²) in [6.45, 7) is 2.98. The van der Waals surface area contributed by atoms with E-state index < -0.39 is 10.0 Å². The summed E-state index contributed by atoms with van der Waals surface area (Å²) in [5.74, 6) is -0.125. The highest BCUT2D eigenvalue weighted by Crippen LogP contribution is 2.22. The average molecular weight is 380 g/mol. The molecule has 1 aliphatic rings. The molecule has 1 atom stereocenters. The minimum Gasteiger partial charge on any atom is -0.378 e. The third-order valence-electron chi connectivity index (χ3n) is 3.97. The first-order chi connectivity index (χ1) is 12.0. The van der Waals surface area contributed by atoms with Gasteiger partial charge in [0.05, 0.1) is 24.5 Å². The zero-order valence-electron chi connectivity index (χ0n) is 13.8. The summed E-state index contributed by atoms with van der Waals surface area (Å²) in [5.41, 5.74) is 0.579. The molecule has 6 nitrogen and oxygen atoms in total. The van der Waals surface area contributed by atoms with Crippen molar-refractivity contribution in [1.29, 1.82) is 0 Å². The van der Waals surface area contributed by atoms with E-state index in [1.807, 2.05) is 24.4 Å². The van der Waals surface area contributed by atoms with Crippen molar-refractivity contribution in [2.24, 2.45) is 0 Å². The number of carbonyl (C=O) groups excluding carboxylic acids is 1. The molecule has 1 saturated heterocycles. The van der Waals surface area contributed by atoms with Gasteiger partial charge in [0.1, 0.15) is 0 Å². The largest absolute Gasteiger partial charge is 0.378 e. The van der Waals surface area contributed by atoms with Crippen molar-refractivity contribution in [2.45, 2.75) is 24.3 Å². The van der Waals surface area contributed by atoms with Crippen LogP contribution in [0.15, 0.2) is 46.7 Å². The fourth-order valence-electron chi connectivity index (χ4n) is 2.69. The van der Waals surface area contributed by atoms with Crippen molar-refractivity contribution >= 4 is 33.0 Å². The maximum absolute atomic E-state index is 12.7. The second-order valence-electron chi connectivity index (χ2n) is 5.87. The SMILES string of the molecule is CC1COCCN1S(=O)(=O)c1ccc(NC(=O)Cc2cccs2)cc1. The van der Waals surface area contributed by atoms with Crippen molar-refractivity contribution < 1.29 is 17.9 Å². The average Bonchev–Trinajstić information content (AvgIpc) is 3.08. The first-order valence-electron chi connectivity index (χ1n) is 7.99. The summed E-state index contributed by atoms with van der Waals surface area (Å²) < 4.78 is 32.2. The Morgan fingerprint density at radius 1 is 1.32 bits per heavy atom. The van der Waals surface area contributed by atoms with E-state index in [0.717, 1.165) is 4.88 Å². The molecule has 1 amide bonds. The van der Waals surface area contributed by atoms with Crippen molar-refractivity contribution in [3.8, 4) is 0 Å². The Balaban J connectivity index is 1.68. The van der Waals surface area contributed by atoms with E-state index in [2.05, 4.69) is 5.32 Å². The Labute approximate surface area is 151 Å². The van der Waals surface area contributed by atoms with E-state index in [4.69, 9.17) is 4.74 Å².